The van der Waals surface area contributed by atoms with Crippen molar-refractivity contribution < 1.29 is 13.9 Å². The maximum Gasteiger partial charge on any atom is 0.265 e. The molecule has 0 saturated heterocycles. The lowest BCUT2D eigenvalue weighted by Gasteiger charge is -2.00. The monoisotopic (exact) mass is 215 g/mol. The number of hydrogen-bond acceptors (Lipinski definition) is 3. The van der Waals surface area contributed by atoms with Gasteiger partial charge in [0.25, 0.3) is 6.43 Å². The number of nitrogens with two attached hydrogens (primary N) is 1. The van der Waals surface area contributed by atoms with Crippen LogP contribution in [-0.2, 0) is 0 Å². The molecule has 0 aliphatic carbocycles. The van der Waals surface area contributed by atoms with Crippen molar-refractivity contribution in [2.45, 2.75) is 6.43 Å². The van der Waals surface area contributed by atoms with Gasteiger partial charge in [-0.3, -0.25) is 0 Å². The molecule has 0 aliphatic heterocycles. The van der Waals surface area contributed by atoms with Crippen molar-refractivity contribution in [2.75, 3.05) is 5.73 Å². The minimum atomic E-state index is -2.51. The molecule has 3 N–H and O–H groups in total. The first-order valence-electron chi connectivity index (χ1n) is 3.88. The third kappa shape index (κ3) is 1.21. The zero-order chi connectivity index (χ0) is 10.3. The first-order valence-corrected chi connectivity index (χ1v) is 4.76. The molecular weight excluding hydrogens is 208 g/mol. The van der Waals surface area contributed by atoms with E-state index in [1.54, 1.807) is 0 Å². The Balaban J connectivity index is 2.77. The number of halogens is 2. The number of thiophene rings is 1. The summed E-state index contributed by atoms with van der Waals surface area (Å²) in [5, 5.41) is 11.0. The lowest BCUT2D eigenvalue weighted by molar-refractivity contribution is 0.153. The quantitative estimate of drug-likeness (QED) is 0.567. The van der Waals surface area contributed by atoms with Crippen LogP contribution < -0.4 is 5.73 Å². The first-order chi connectivity index (χ1) is 6.61. The fourth-order valence-electron chi connectivity index (χ4n) is 1.30. The number of hydrogen-bond donors (Lipinski definition) is 2. The highest BCUT2D eigenvalue weighted by atomic mass is 32.1. The number of anilines is 1. The topological polar surface area (TPSA) is 46.2 Å². The minimum Gasteiger partial charge on any atom is -0.506 e. The van der Waals surface area contributed by atoms with Crippen LogP contribution in [0.3, 0.4) is 0 Å². The molecule has 1 heterocycles. The van der Waals surface area contributed by atoms with Crippen LogP contribution in [0.25, 0.3) is 10.1 Å². The zero-order valence-electron chi connectivity index (χ0n) is 7.00. The number of rotatable bonds is 1. The van der Waals surface area contributed by atoms with Gasteiger partial charge in [-0.15, -0.1) is 11.3 Å². The van der Waals surface area contributed by atoms with Crippen LogP contribution in [-0.4, -0.2) is 5.11 Å². The zero-order valence-corrected chi connectivity index (χ0v) is 7.81. The second kappa shape index (κ2) is 3.09. The highest BCUT2D eigenvalue weighted by Gasteiger charge is 2.15. The van der Waals surface area contributed by atoms with Crippen molar-refractivity contribution in [1.82, 2.24) is 0 Å². The van der Waals surface area contributed by atoms with E-state index in [2.05, 4.69) is 0 Å². The van der Waals surface area contributed by atoms with Crippen LogP contribution in [0.1, 0.15) is 12.0 Å². The lowest BCUT2D eigenvalue weighted by atomic mass is 10.1. The molecule has 5 heteroatoms. The molecule has 0 amide bonds. The van der Waals surface area contributed by atoms with Gasteiger partial charge in [-0.1, -0.05) is 0 Å². The van der Waals surface area contributed by atoms with Gasteiger partial charge in [-0.05, 0) is 12.1 Å². The van der Waals surface area contributed by atoms with E-state index in [9.17, 15) is 13.9 Å². The highest BCUT2D eigenvalue weighted by Crippen LogP contribution is 2.39. The van der Waals surface area contributed by atoms with Crippen LogP contribution in [0.2, 0.25) is 0 Å². The van der Waals surface area contributed by atoms with E-state index in [1.165, 1.54) is 17.5 Å². The smallest absolute Gasteiger partial charge is 0.265 e. The molecule has 74 valence electrons. The third-order valence-electron chi connectivity index (χ3n) is 2.02. The molecule has 0 atom stereocenters. The molecule has 0 aliphatic rings. The van der Waals surface area contributed by atoms with Crippen LogP contribution >= 0.6 is 11.3 Å². The largest absolute Gasteiger partial charge is 0.506 e. The van der Waals surface area contributed by atoms with Crippen molar-refractivity contribution >= 4 is 27.1 Å². The van der Waals surface area contributed by atoms with Crippen LogP contribution in [0.4, 0.5) is 14.5 Å². The number of fused-ring (bicyclic) bond motifs is 1. The third-order valence-corrected chi connectivity index (χ3v) is 3.07. The number of phenolic OH excluding ortho intramolecular Hbond substituents is 1. The second-order valence-corrected chi connectivity index (χ2v) is 3.75. The van der Waals surface area contributed by atoms with Crippen molar-refractivity contribution in [3.8, 4) is 5.75 Å². The van der Waals surface area contributed by atoms with Crippen molar-refractivity contribution in [1.29, 1.82) is 0 Å². The van der Waals surface area contributed by atoms with E-state index < -0.39 is 6.43 Å². The summed E-state index contributed by atoms with van der Waals surface area (Å²) in [5.74, 6) is -0.0693. The van der Waals surface area contributed by atoms with Gasteiger partial charge in [0.05, 0.1) is 10.4 Å². The van der Waals surface area contributed by atoms with E-state index in [0.29, 0.717) is 10.1 Å². The molecule has 1 aromatic heterocycles. The van der Waals surface area contributed by atoms with Crippen molar-refractivity contribution in [3.05, 3.63) is 23.1 Å². The summed E-state index contributed by atoms with van der Waals surface area (Å²) in [7, 11) is 0. The standard InChI is InChI=1S/C9H7F2NOS/c10-9(11)5-3-14-8-4(5)1-2-6(13)7(8)12/h1-3,9,13H,12H2. The summed E-state index contributed by atoms with van der Waals surface area (Å²) in [4.78, 5) is 0. The molecule has 2 nitrogen and oxygen atoms in total. The van der Waals surface area contributed by atoms with Crippen LogP contribution in [0, 0.1) is 0 Å². The van der Waals surface area contributed by atoms with Crippen molar-refractivity contribution in [3.63, 3.8) is 0 Å². The molecule has 0 bridgehead atoms. The molecule has 0 fully saturated rings. The molecule has 2 rings (SSSR count). The Morgan fingerprint density at radius 3 is 2.71 bits per heavy atom. The normalized spacial score (nSPS) is 11.4. The first kappa shape index (κ1) is 9.21. The maximum atomic E-state index is 12.5. The summed E-state index contributed by atoms with van der Waals surface area (Å²) in [6, 6.07) is 2.79. The van der Waals surface area contributed by atoms with E-state index in [-0.39, 0.29) is 17.0 Å². The number of alkyl halides is 2. The Bertz CT molecular complexity index is 481. The molecule has 0 spiro atoms. The summed E-state index contributed by atoms with van der Waals surface area (Å²) >= 11 is 1.12. The predicted molar refractivity (Wildman–Crippen MR) is 52.9 cm³/mol. The molecule has 14 heavy (non-hydrogen) atoms. The fourth-order valence-corrected chi connectivity index (χ4v) is 2.32. The Hall–Kier alpha value is -1.36. The van der Waals surface area contributed by atoms with Crippen LogP contribution in [0.5, 0.6) is 5.75 Å². The molecule has 0 radical (unpaired) electrons. The summed E-state index contributed by atoms with van der Waals surface area (Å²) in [6.07, 6.45) is -2.51. The van der Waals surface area contributed by atoms with Gasteiger partial charge in [0, 0.05) is 16.3 Å². The van der Waals surface area contributed by atoms with E-state index in [1.807, 2.05) is 0 Å². The average molecular weight is 215 g/mol. The molecule has 2 aromatic rings. The summed E-state index contributed by atoms with van der Waals surface area (Å²) < 4.78 is 25.4. The van der Waals surface area contributed by atoms with E-state index in [4.69, 9.17) is 5.73 Å². The Kier molecular flexibility index (Phi) is 2.03. The highest BCUT2D eigenvalue weighted by molar-refractivity contribution is 7.18. The number of nitrogen functional groups attached to an aromatic ring is 1. The number of phenols is 1. The molecular formula is C9H7F2NOS. The van der Waals surface area contributed by atoms with Gasteiger partial charge >= 0.3 is 0 Å². The maximum absolute atomic E-state index is 12.5. The summed E-state index contributed by atoms with van der Waals surface area (Å²) in [6.45, 7) is 0. The van der Waals surface area contributed by atoms with Gasteiger partial charge in [0.15, 0.2) is 0 Å². The summed E-state index contributed by atoms with van der Waals surface area (Å²) in [5.41, 5.74) is 5.68. The van der Waals surface area contributed by atoms with Gasteiger partial charge in [-0.25, -0.2) is 8.78 Å². The average Bonchev–Trinajstić information content (AvgIpc) is 2.55. The Labute approximate surface area is 82.6 Å². The Morgan fingerprint density at radius 1 is 1.36 bits per heavy atom. The van der Waals surface area contributed by atoms with Gasteiger partial charge < -0.3 is 10.8 Å². The van der Waals surface area contributed by atoms with Gasteiger partial charge in [0.2, 0.25) is 0 Å². The second-order valence-electron chi connectivity index (χ2n) is 2.87. The number of benzene rings is 1. The number of aromatic hydroxyl groups is 1. The minimum absolute atomic E-state index is 0.0308. The lowest BCUT2D eigenvalue weighted by Crippen LogP contribution is -1.86. The SMILES string of the molecule is Nc1c(O)ccc2c(C(F)F)csc12. The van der Waals surface area contributed by atoms with E-state index in [0.717, 1.165) is 11.3 Å². The predicted octanol–water partition coefficient (Wildman–Crippen LogP) is 3.13. The molecule has 1 aromatic carbocycles. The molecule has 0 saturated carbocycles. The van der Waals surface area contributed by atoms with E-state index >= 15 is 0 Å². The van der Waals surface area contributed by atoms with Gasteiger partial charge in [0.1, 0.15) is 5.75 Å². The van der Waals surface area contributed by atoms with Crippen molar-refractivity contribution in [2.24, 2.45) is 0 Å². The Morgan fingerprint density at radius 2 is 2.07 bits per heavy atom. The van der Waals surface area contributed by atoms with Crippen LogP contribution in [0.15, 0.2) is 17.5 Å². The molecule has 0 unspecified atom stereocenters. The van der Waals surface area contributed by atoms with Gasteiger partial charge in [-0.2, -0.15) is 0 Å². The fraction of sp³-hybridized carbons (Fsp3) is 0.111.